The molecular formula is C20H34IN5O. The molecule has 0 spiro atoms. The molecule has 1 atom stereocenters. The second-order valence-corrected chi connectivity index (χ2v) is 7.14. The predicted octanol–water partition coefficient (Wildman–Crippen LogP) is 3.31. The van der Waals surface area contributed by atoms with Crippen molar-refractivity contribution in [1.82, 2.24) is 15.6 Å². The van der Waals surface area contributed by atoms with E-state index in [1.807, 2.05) is 6.20 Å². The van der Waals surface area contributed by atoms with E-state index in [4.69, 9.17) is 4.74 Å². The quantitative estimate of drug-likeness (QED) is 0.366. The molecule has 2 fully saturated rings. The minimum absolute atomic E-state index is 0. The van der Waals surface area contributed by atoms with Gasteiger partial charge in [0.15, 0.2) is 5.96 Å². The van der Waals surface area contributed by atoms with Crippen molar-refractivity contribution in [3.8, 4) is 0 Å². The van der Waals surface area contributed by atoms with Crippen molar-refractivity contribution in [1.29, 1.82) is 0 Å². The lowest BCUT2D eigenvalue weighted by Crippen LogP contribution is -2.41. The fraction of sp³-hybridized carbons (Fsp3) is 0.700. The van der Waals surface area contributed by atoms with Crippen LogP contribution >= 0.6 is 24.0 Å². The Bertz CT molecular complexity index is 552. The first-order chi connectivity index (χ1) is 12.8. The Labute approximate surface area is 180 Å². The average Bonchev–Trinajstić information content (AvgIpc) is 3.05. The summed E-state index contributed by atoms with van der Waals surface area (Å²) in [6, 6.07) is 4.29. The van der Waals surface area contributed by atoms with Crippen LogP contribution in [-0.2, 0) is 11.3 Å². The smallest absolute Gasteiger partial charge is 0.191 e. The van der Waals surface area contributed by atoms with E-state index in [-0.39, 0.29) is 24.0 Å². The van der Waals surface area contributed by atoms with Crippen LogP contribution in [0.5, 0.6) is 0 Å². The van der Waals surface area contributed by atoms with Gasteiger partial charge < -0.3 is 20.3 Å². The molecule has 2 saturated heterocycles. The molecule has 2 aliphatic heterocycles. The summed E-state index contributed by atoms with van der Waals surface area (Å²) in [6.07, 6.45) is 9.81. The third-order valence-electron chi connectivity index (χ3n) is 5.02. The molecular weight excluding hydrogens is 453 g/mol. The maximum Gasteiger partial charge on any atom is 0.191 e. The highest BCUT2D eigenvalue weighted by Gasteiger charge is 2.15. The second kappa shape index (κ2) is 12.4. The highest BCUT2D eigenvalue weighted by atomic mass is 127. The van der Waals surface area contributed by atoms with E-state index in [2.05, 4.69) is 44.6 Å². The summed E-state index contributed by atoms with van der Waals surface area (Å²) in [5, 5.41) is 6.69. The molecule has 0 radical (unpaired) electrons. The fourth-order valence-electron chi connectivity index (χ4n) is 3.52. The van der Waals surface area contributed by atoms with Gasteiger partial charge >= 0.3 is 0 Å². The Kier molecular flexibility index (Phi) is 10.2. The van der Waals surface area contributed by atoms with Crippen molar-refractivity contribution >= 4 is 35.8 Å². The van der Waals surface area contributed by atoms with Crippen LogP contribution in [0, 0.1) is 0 Å². The number of hydrogen-bond donors (Lipinski definition) is 2. The first-order valence-electron chi connectivity index (χ1n) is 10.2. The first-order valence-corrected chi connectivity index (χ1v) is 10.2. The molecule has 0 saturated carbocycles. The van der Waals surface area contributed by atoms with E-state index < -0.39 is 0 Å². The number of anilines is 1. The van der Waals surface area contributed by atoms with Crippen molar-refractivity contribution in [3.05, 3.63) is 23.9 Å². The van der Waals surface area contributed by atoms with Crippen molar-refractivity contribution in [2.45, 2.75) is 58.1 Å². The minimum atomic E-state index is 0. The van der Waals surface area contributed by atoms with Crippen LogP contribution in [0.15, 0.2) is 23.3 Å². The van der Waals surface area contributed by atoms with Gasteiger partial charge in [0.1, 0.15) is 5.82 Å². The Morgan fingerprint density at radius 2 is 2.00 bits per heavy atom. The van der Waals surface area contributed by atoms with Crippen molar-refractivity contribution < 1.29 is 4.74 Å². The van der Waals surface area contributed by atoms with Gasteiger partial charge in [-0.15, -0.1) is 24.0 Å². The van der Waals surface area contributed by atoms with Gasteiger partial charge in [-0.3, -0.25) is 0 Å². The summed E-state index contributed by atoms with van der Waals surface area (Å²) in [6.45, 7) is 7.52. The first kappa shape index (κ1) is 22.2. The number of nitrogens with zero attached hydrogens (tertiary/aromatic N) is 3. The Balaban J connectivity index is 0.00000261. The molecule has 7 heteroatoms. The largest absolute Gasteiger partial charge is 0.376 e. The Hall–Kier alpha value is -1.09. The summed E-state index contributed by atoms with van der Waals surface area (Å²) in [5.74, 6) is 1.95. The van der Waals surface area contributed by atoms with Crippen molar-refractivity contribution in [2.75, 3.05) is 37.7 Å². The molecule has 1 unspecified atom stereocenters. The molecule has 27 heavy (non-hydrogen) atoms. The van der Waals surface area contributed by atoms with Crippen LogP contribution in [0.3, 0.4) is 0 Å². The Morgan fingerprint density at radius 3 is 2.63 bits per heavy atom. The normalized spacial score (nSPS) is 20.7. The number of guanidine groups is 1. The Morgan fingerprint density at radius 1 is 1.19 bits per heavy atom. The van der Waals surface area contributed by atoms with E-state index in [0.29, 0.717) is 12.6 Å². The highest BCUT2D eigenvalue weighted by Crippen LogP contribution is 2.17. The maximum atomic E-state index is 5.66. The third kappa shape index (κ3) is 7.44. The van der Waals surface area contributed by atoms with Gasteiger partial charge in [0.25, 0.3) is 0 Å². The lowest BCUT2D eigenvalue weighted by molar-refractivity contribution is 0.114. The summed E-state index contributed by atoms with van der Waals surface area (Å²) >= 11 is 0. The number of pyridine rings is 1. The molecule has 152 valence electrons. The standard InChI is InChI=1S/C20H33N5O.HI/c1-2-21-20(24-16-18-8-7-13-26-18)23-15-17-9-10-19(22-14-17)25-11-5-3-4-6-12-25;/h9-10,14,18H,2-8,11-13,15-16H2,1H3,(H2,21,23,24);1H. The van der Waals surface area contributed by atoms with Gasteiger partial charge in [-0.1, -0.05) is 18.9 Å². The fourth-order valence-corrected chi connectivity index (χ4v) is 3.52. The van der Waals surface area contributed by atoms with E-state index in [1.165, 1.54) is 25.7 Å². The topological polar surface area (TPSA) is 61.8 Å². The second-order valence-electron chi connectivity index (χ2n) is 7.14. The number of ether oxygens (including phenoxy) is 1. The monoisotopic (exact) mass is 487 g/mol. The van der Waals surface area contributed by atoms with Crippen molar-refractivity contribution in [3.63, 3.8) is 0 Å². The number of halogens is 1. The zero-order chi connectivity index (χ0) is 18.0. The van der Waals surface area contributed by atoms with Crippen molar-refractivity contribution in [2.24, 2.45) is 4.99 Å². The summed E-state index contributed by atoms with van der Waals surface area (Å²) in [7, 11) is 0. The molecule has 3 rings (SSSR count). The maximum absolute atomic E-state index is 5.66. The van der Waals surface area contributed by atoms with Crippen LogP contribution in [0.2, 0.25) is 0 Å². The predicted molar refractivity (Wildman–Crippen MR) is 122 cm³/mol. The number of aliphatic imine (C=N–C) groups is 1. The zero-order valence-electron chi connectivity index (χ0n) is 16.5. The van der Waals surface area contributed by atoms with Crippen LogP contribution < -0.4 is 15.5 Å². The van der Waals surface area contributed by atoms with E-state index >= 15 is 0 Å². The number of hydrogen-bond acceptors (Lipinski definition) is 4. The summed E-state index contributed by atoms with van der Waals surface area (Å²) < 4.78 is 5.66. The molecule has 1 aromatic rings. The zero-order valence-corrected chi connectivity index (χ0v) is 18.8. The van der Waals surface area contributed by atoms with Gasteiger partial charge in [0, 0.05) is 39.0 Å². The summed E-state index contributed by atoms with van der Waals surface area (Å²) in [4.78, 5) is 11.8. The third-order valence-corrected chi connectivity index (χ3v) is 5.02. The van der Waals surface area contributed by atoms with Gasteiger partial charge in [0.05, 0.1) is 12.6 Å². The molecule has 2 aliphatic rings. The number of nitrogens with one attached hydrogen (secondary N) is 2. The molecule has 0 bridgehead atoms. The lowest BCUT2D eigenvalue weighted by atomic mass is 10.2. The van der Waals surface area contributed by atoms with Crippen LogP contribution in [-0.4, -0.2) is 49.8 Å². The van der Waals surface area contributed by atoms with Gasteiger partial charge in [-0.25, -0.2) is 9.98 Å². The van der Waals surface area contributed by atoms with Crippen LogP contribution in [0.25, 0.3) is 0 Å². The molecule has 0 amide bonds. The summed E-state index contributed by atoms with van der Waals surface area (Å²) in [5.41, 5.74) is 1.14. The van der Waals surface area contributed by atoms with E-state index in [9.17, 15) is 0 Å². The average molecular weight is 487 g/mol. The number of rotatable bonds is 6. The molecule has 0 aromatic carbocycles. The lowest BCUT2D eigenvalue weighted by Gasteiger charge is -2.21. The highest BCUT2D eigenvalue weighted by molar-refractivity contribution is 14.0. The molecule has 6 nitrogen and oxygen atoms in total. The minimum Gasteiger partial charge on any atom is -0.376 e. The van der Waals surface area contributed by atoms with Gasteiger partial charge in [0.2, 0.25) is 0 Å². The molecule has 1 aromatic heterocycles. The number of aromatic nitrogens is 1. The van der Waals surface area contributed by atoms with Crippen LogP contribution in [0.4, 0.5) is 5.82 Å². The molecule has 0 aliphatic carbocycles. The van der Waals surface area contributed by atoms with Crippen LogP contribution in [0.1, 0.15) is 51.0 Å². The van der Waals surface area contributed by atoms with Gasteiger partial charge in [-0.2, -0.15) is 0 Å². The molecule has 3 heterocycles. The molecule has 2 N–H and O–H groups in total. The van der Waals surface area contributed by atoms with E-state index in [0.717, 1.165) is 63.0 Å². The SMILES string of the molecule is CCNC(=NCc1ccc(N2CCCCCC2)nc1)NCC1CCCO1.I. The van der Waals surface area contributed by atoms with Gasteiger partial charge in [-0.05, 0) is 44.2 Å². The van der Waals surface area contributed by atoms with E-state index in [1.54, 1.807) is 0 Å².